The van der Waals surface area contributed by atoms with E-state index in [9.17, 15) is 9.59 Å². The molecule has 1 aliphatic rings. The molecule has 0 aromatic heterocycles. The number of hydrogen-bond acceptors (Lipinski definition) is 2. The van der Waals surface area contributed by atoms with Gasteiger partial charge in [0.25, 0.3) is 0 Å². The zero-order valence-electron chi connectivity index (χ0n) is 11.9. The predicted molar refractivity (Wildman–Crippen MR) is 80.5 cm³/mol. The van der Waals surface area contributed by atoms with Crippen LogP contribution in [-0.4, -0.2) is 39.0 Å². The van der Waals surface area contributed by atoms with E-state index < -0.39 is 0 Å². The lowest BCUT2D eigenvalue weighted by Gasteiger charge is -2.43. The van der Waals surface area contributed by atoms with Gasteiger partial charge in [-0.05, 0) is 11.8 Å². The van der Waals surface area contributed by atoms with Gasteiger partial charge in [-0.15, -0.1) is 0 Å². The third-order valence-corrected chi connectivity index (χ3v) is 4.07. The minimum absolute atomic E-state index is 0.0317. The van der Waals surface area contributed by atoms with Crippen LogP contribution in [0.2, 0.25) is 0 Å². The first-order valence-corrected chi connectivity index (χ1v) is 7.40. The van der Waals surface area contributed by atoms with Crippen molar-refractivity contribution >= 4 is 34.7 Å². The largest absolute Gasteiger partial charge is 0.329 e. The standard InChI is InChI=1S/C13H23IN2O2/c1-9(2)10(17)11(13(3,4)5)15-7-6-8-16(14)12(15)18/h9,11H,6-8H2,1-5H3. The van der Waals surface area contributed by atoms with Crippen LogP contribution in [0.25, 0.3) is 0 Å². The molecule has 104 valence electrons. The van der Waals surface area contributed by atoms with E-state index in [4.69, 9.17) is 0 Å². The van der Waals surface area contributed by atoms with Crippen LogP contribution in [0, 0.1) is 11.3 Å². The molecule has 5 heteroatoms. The molecule has 18 heavy (non-hydrogen) atoms. The van der Waals surface area contributed by atoms with Crippen LogP contribution >= 0.6 is 22.9 Å². The van der Waals surface area contributed by atoms with Crippen LogP contribution in [0.1, 0.15) is 41.0 Å². The monoisotopic (exact) mass is 366 g/mol. The Kier molecular flexibility index (Phi) is 5.03. The Bertz CT molecular complexity index is 336. The molecule has 0 aliphatic carbocycles. The van der Waals surface area contributed by atoms with Gasteiger partial charge >= 0.3 is 6.03 Å². The fourth-order valence-corrected chi connectivity index (χ4v) is 2.93. The summed E-state index contributed by atoms with van der Waals surface area (Å²) in [5.74, 6) is 0.106. The summed E-state index contributed by atoms with van der Waals surface area (Å²) in [4.78, 5) is 26.4. The van der Waals surface area contributed by atoms with E-state index in [-0.39, 0.29) is 29.2 Å². The van der Waals surface area contributed by atoms with Gasteiger partial charge in [-0.1, -0.05) is 34.6 Å². The fraction of sp³-hybridized carbons (Fsp3) is 0.846. The maximum atomic E-state index is 12.4. The van der Waals surface area contributed by atoms with Gasteiger partial charge in [0.2, 0.25) is 0 Å². The molecule has 1 unspecified atom stereocenters. The van der Waals surface area contributed by atoms with Crippen molar-refractivity contribution in [2.45, 2.75) is 47.1 Å². The van der Waals surface area contributed by atoms with E-state index in [1.807, 2.05) is 57.5 Å². The number of urea groups is 1. The van der Waals surface area contributed by atoms with E-state index >= 15 is 0 Å². The maximum Gasteiger partial charge on any atom is 0.329 e. The molecular weight excluding hydrogens is 343 g/mol. The van der Waals surface area contributed by atoms with Gasteiger partial charge in [-0.2, -0.15) is 0 Å². The lowest BCUT2D eigenvalue weighted by atomic mass is 9.80. The summed E-state index contributed by atoms with van der Waals surface area (Å²) in [6, 6.07) is -0.363. The Morgan fingerprint density at radius 1 is 1.28 bits per heavy atom. The molecule has 0 radical (unpaired) electrons. The molecule has 1 fully saturated rings. The summed E-state index contributed by atoms with van der Waals surface area (Å²) < 4.78 is 1.67. The van der Waals surface area contributed by atoms with Crippen molar-refractivity contribution in [2.75, 3.05) is 13.1 Å². The fourth-order valence-electron chi connectivity index (χ4n) is 2.31. The summed E-state index contributed by atoms with van der Waals surface area (Å²) in [5.41, 5.74) is -0.230. The number of hydrogen-bond donors (Lipinski definition) is 0. The lowest BCUT2D eigenvalue weighted by molar-refractivity contribution is -0.130. The molecule has 1 saturated heterocycles. The highest BCUT2D eigenvalue weighted by atomic mass is 127. The maximum absolute atomic E-state index is 12.4. The van der Waals surface area contributed by atoms with Gasteiger partial charge in [0.1, 0.15) is 0 Å². The van der Waals surface area contributed by atoms with Gasteiger partial charge in [0, 0.05) is 19.0 Å². The minimum Gasteiger partial charge on any atom is -0.313 e. The molecule has 4 nitrogen and oxygen atoms in total. The number of halogens is 1. The Labute approximate surface area is 124 Å². The van der Waals surface area contributed by atoms with Crippen molar-refractivity contribution in [3.05, 3.63) is 0 Å². The van der Waals surface area contributed by atoms with E-state index in [1.54, 1.807) is 8.01 Å². The summed E-state index contributed by atoms with van der Waals surface area (Å²) in [7, 11) is 0. The van der Waals surface area contributed by atoms with Crippen molar-refractivity contribution in [3.8, 4) is 0 Å². The van der Waals surface area contributed by atoms with Gasteiger partial charge in [-0.3, -0.25) is 7.91 Å². The second-order valence-corrected chi connectivity index (χ2v) is 7.41. The van der Waals surface area contributed by atoms with Gasteiger partial charge in [0.15, 0.2) is 5.78 Å². The number of ketones is 1. The van der Waals surface area contributed by atoms with Gasteiger partial charge in [0.05, 0.1) is 28.9 Å². The third-order valence-electron chi connectivity index (χ3n) is 3.18. The second-order valence-electron chi connectivity index (χ2n) is 6.24. The molecule has 0 bridgehead atoms. The molecule has 0 N–H and O–H groups in total. The average molecular weight is 366 g/mol. The molecule has 2 amide bonds. The first kappa shape index (κ1) is 15.7. The molecular formula is C13H23IN2O2. The predicted octanol–water partition coefficient (Wildman–Crippen LogP) is 3.10. The zero-order valence-corrected chi connectivity index (χ0v) is 14.0. The van der Waals surface area contributed by atoms with E-state index in [0.717, 1.165) is 13.0 Å². The number of rotatable bonds is 3. The first-order valence-electron chi connectivity index (χ1n) is 6.44. The Morgan fingerprint density at radius 3 is 2.28 bits per heavy atom. The van der Waals surface area contributed by atoms with Crippen molar-refractivity contribution < 1.29 is 9.59 Å². The quantitative estimate of drug-likeness (QED) is 0.569. The summed E-state index contributed by atoms with van der Waals surface area (Å²) in [5, 5.41) is 0. The molecule has 0 spiro atoms. The van der Waals surface area contributed by atoms with Crippen LogP contribution in [0.5, 0.6) is 0 Å². The van der Waals surface area contributed by atoms with E-state index in [1.165, 1.54) is 0 Å². The number of nitrogens with zero attached hydrogens (tertiary/aromatic N) is 2. The highest BCUT2D eigenvalue weighted by molar-refractivity contribution is 14.1. The zero-order chi connectivity index (χ0) is 14.1. The van der Waals surface area contributed by atoms with E-state index in [2.05, 4.69) is 0 Å². The van der Waals surface area contributed by atoms with Crippen molar-refractivity contribution in [2.24, 2.45) is 11.3 Å². The minimum atomic E-state index is -0.331. The normalized spacial score (nSPS) is 19.4. The molecule has 1 heterocycles. The highest BCUT2D eigenvalue weighted by Crippen LogP contribution is 2.30. The Balaban J connectivity index is 3.03. The molecule has 0 aromatic rings. The van der Waals surface area contributed by atoms with Crippen LogP contribution in [0.4, 0.5) is 4.79 Å². The van der Waals surface area contributed by atoms with Crippen LogP contribution in [-0.2, 0) is 4.79 Å². The third kappa shape index (κ3) is 3.36. The highest BCUT2D eigenvalue weighted by Gasteiger charge is 2.41. The molecule has 1 aliphatic heterocycles. The molecule has 0 saturated carbocycles. The smallest absolute Gasteiger partial charge is 0.313 e. The van der Waals surface area contributed by atoms with Crippen molar-refractivity contribution in [1.29, 1.82) is 0 Å². The Hall–Kier alpha value is -0.330. The van der Waals surface area contributed by atoms with Crippen molar-refractivity contribution in [1.82, 2.24) is 8.01 Å². The van der Waals surface area contributed by atoms with Crippen LogP contribution < -0.4 is 0 Å². The lowest BCUT2D eigenvalue weighted by Crippen LogP contribution is -2.58. The van der Waals surface area contributed by atoms with E-state index in [0.29, 0.717) is 6.54 Å². The van der Waals surface area contributed by atoms with Crippen molar-refractivity contribution in [3.63, 3.8) is 0 Å². The number of Topliss-reactive ketones (excluding diaryl/α,β-unsaturated/α-hetero) is 1. The van der Waals surface area contributed by atoms with Crippen LogP contribution in [0.3, 0.4) is 0 Å². The molecule has 0 aromatic carbocycles. The topological polar surface area (TPSA) is 40.6 Å². The summed E-state index contributed by atoms with van der Waals surface area (Å²) in [6.07, 6.45) is 0.923. The number of amides is 2. The molecule has 1 atom stereocenters. The number of carbonyl (C=O) groups is 2. The number of carbonyl (C=O) groups excluding carboxylic acids is 2. The van der Waals surface area contributed by atoms with Gasteiger partial charge < -0.3 is 4.90 Å². The summed E-state index contributed by atoms with van der Waals surface area (Å²) >= 11 is 2.03. The second kappa shape index (κ2) is 5.75. The summed E-state index contributed by atoms with van der Waals surface area (Å²) in [6.45, 7) is 11.3. The molecule has 1 rings (SSSR count). The average Bonchev–Trinajstić information content (AvgIpc) is 2.22. The Morgan fingerprint density at radius 2 is 1.83 bits per heavy atom. The SMILES string of the molecule is CC(C)C(=O)C(N1CCCN(I)C1=O)C(C)(C)C. The van der Waals surface area contributed by atoms with Crippen LogP contribution in [0.15, 0.2) is 0 Å². The van der Waals surface area contributed by atoms with Gasteiger partial charge in [-0.25, -0.2) is 4.79 Å². The first-order chi connectivity index (χ1) is 8.16.